The molecule has 0 aliphatic heterocycles. The molecule has 0 spiro atoms. The van der Waals surface area contributed by atoms with Crippen molar-refractivity contribution in [3.8, 4) is 5.75 Å². The average Bonchev–Trinajstić information content (AvgIpc) is 2.77. The highest BCUT2D eigenvalue weighted by Gasteiger charge is 2.21. The van der Waals surface area contributed by atoms with Crippen LogP contribution in [0.15, 0.2) is 18.2 Å². The average molecular weight is 277 g/mol. The summed E-state index contributed by atoms with van der Waals surface area (Å²) in [5, 5.41) is 12.6. The number of ether oxygens (including phenoxy) is 1. The maximum atomic E-state index is 11.9. The van der Waals surface area contributed by atoms with Gasteiger partial charge in [-0.25, -0.2) is 0 Å². The maximum absolute atomic E-state index is 11.9. The molecule has 0 saturated carbocycles. The molecule has 2 atom stereocenters. The number of hydrogen-bond donors (Lipinski definition) is 2. The zero-order valence-corrected chi connectivity index (χ0v) is 12.3. The predicted molar refractivity (Wildman–Crippen MR) is 77.7 cm³/mol. The molecule has 0 aromatic heterocycles. The summed E-state index contributed by atoms with van der Waals surface area (Å²) in [6.07, 6.45) is 0.758. The molecule has 0 fully saturated rings. The van der Waals surface area contributed by atoms with Gasteiger partial charge in [-0.1, -0.05) is 19.9 Å². The van der Waals surface area contributed by atoms with Crippen LogP contribution in [0.2, 0.25) is 0 Å². The number of aliphatic hydroxyl groups excluding tert-OH is 1. The first-order valence-corrected chi connectivity index (χ1v) is 7.22. The van der Waals surface area contributed by atoms with Crippen LogP contribution < -0.4 is 10.1 Å². The van der Waals surface area contributed by atoms with E-state index in [2.05, 4.69) is 19.2 Å². The molecule has 1 aliphatic carbocycles. The summed E-state index contributed by atoms with van der Waals surface area (Å²) in [4.78, 5) is 11.9. The Bertz CT molecular complexity index is 485. The second-order valence-corrected chi connectivity index (χ2v) is 5.81. The van der Waals surface area contributed by atoms with E-state index in [1.54, 1.807) is 6.92 Å². The van der Waals surface area contributed by atoms with Gasteiger partial charge in [0.25, 0.3) is 5.91 Å². The highest BCUT2D eigenvalue weighted by atomic mass is 16.5. The highest BCUT2D eigenvalue weighted by Crippen LogP contribution is 2.33. The third-order valence-corrected chi connectivity index (χ3v) is 3.53. The Labute approximate surface area is 120 Å². The number of carbonyl (C=O) groups excluding carboxylic acids is 1. The number of aryl methyl sites for hydroxylation is 1. The Kier molecular flexibility index (Phi) is 4.65. The Hall–Kier alpha value is -1.55. The first-order chi connectivity index (χ1) is 9.47. The fourth-order valence-corrected chi connectivity index (χ4v) is 2.35. The lowest BCUT2D eigenvalue weighted by Crippen LogP contribution is -2.38. The van der Waals surface area contributed by atoms with E-state index in [1.165, 1.54) is 0 Å². The Morgan fingerprint density at radius 3 is 2.90 bits per heavy atom. The number of amides is 1. The number of rotatable bonds is 5. The van der Waals surface area contributed by atoms with Crippen molar-refractivity contribution in [2.75, 3.05) is 6.54 Å². The van der Waals surface area contributed by atoms with E-state index in [1.807, 2.05) is 18.2 Å². The van der Waals surface area contributed by atoms with Crippen LogP contribution in [0.25, 0.3) is 0 Å². The summed E-state index contributed by atoms with van der Waals surface area (Å²) in [7, 11) is 0. The topological polar surface area (TPSA) is 58.6 Å². The molecule has 2 rings (SSSR count). The molecule has 1 aliphatic rings. The van der Waals surface area contributed by atoms with E-state index in [9.17, 15) is 9.90 Å². The quantitative estimate of drug-likeness (QED) is 0.867. The third kappa shape index (κ3) is 3.51. The van der Waals surface area contributed by atoms with Crippen LogP contribution in [0.5, 0.6) is 5.75 Å². The number of fused-ring (bicyclic) bond motifs is 1. The van der Waals surface area contributed by atoms with Gasteiger partial charge < -0.3 is 15.2 Å². The fourth-order valence-electron chi connectivity index (χ4n) is 2.35. The predicted octanol–water partition coefficient (Wildman–Crippen LogP) is 2.21. The van der Waals surface area contributed by atoms with Crippen molar-refractivity contribution >= 4 is 5.91 Å². The van der Waals surface area contributed by atoms with Gasteiger partial charge in [-0.05, 0) is 48.9 Å². The number of carbonyl (C=O) groups is 1. The van der Waals surface area contributed by atoms with Crippen LogP contribution in [-0.2, 0) is 11.2 Å². The van der Waals surface area contributed by atoms with Gasteiger partial charge in [-0.2, -0.15) is 0 Å². The lowest BCUT2D eigenvalue weighted by atomic mass is 10.1. The summed E-state index contributed by atoms with van der Waals surface area (Å²) < 4.78 is 5.68. The smallest absolute Gasteiger partial charge is 0.260 e. The Morgan fingerprint density at radius 2 is 2.20 bits per heavy atom. The van der Waals surface area contributed by atoms with Crippen LogP contribution in [0.1, 0.15) is 44.4 Å². The van der Waals surface area contributed by atoms with Crippen molar-refractivity contribution < 1.29 is 14.6 Å². The first-order valence-electron chi connectivity index (χ1n) is 7.22. The first kappa shape index (κ1) is 14.9. The van der Waals surface area contributed by atoms with E-state index >= 15 is 0 Å². The zero-order chi connectivity index (χ0) is 14.7. The van der Waals surface area contributed by atoms with E-state index in [0.29, 0.717) is 18.2 Å². The summed E-state index contributed by atoms with van der Waals surface area (Å²) in [6, 6.07) is 5.64. The molecule has 0 radical (unpaired) electrons. The van der Waals surface area contributed by atoms with Gasteiger partial charge >= 0.3 is 0 Å². The Balaban J connectivity index is 1.95. The van der Waals surface area contributed by atoms with Crippen LogP contribution in [-0.4, -0.2) is 23.7 Å². The van der Waals surface area contributed by atoms with Crippen LogP contribution in [0, 0.1) is 5.92 Å². The minimum absolute atomic E-state index is 0.0979. The fraction of sp³-hybridized carbons (Fsp3) is 0.562. The molecule has 1 unspecified atom stereocenters. The summed E-state index contributed by atoms with van der Waals surface area (Å²) in [5.41, 5.74) is 2.10. The minimum atomic E-state index is -0.516. The van der Waals surface area contributed by atoms with Crippen molar-refractivity contribution in [2.45, 2.75) is 45.8 Å². The van der Waals surface area contributed by atoms with E-state index in [-0.39, 0.29) is 12.0 Å². The van der Waals surface area contributed by atoms with Crippen LogP contribution in [0.3, 0.4) is 0 Å². The zero-order valence-electron chi connectivity index (χ0n) is 12.3. The van der Waals surface area contributed by atoms with Gasteiger partial charge in [-0.3, -0.25) is 4.79 Å². The number of nitrogens with one attached hydrogen (secondary N) is 1. The van der Waals surface area contributed by atoms with Crippen LogP contribution >= 0.6 is 0 Å². The van der Waals surface area contributed by atoms with Gasteiger partial charge in [0.2, 0.25) is 0 Å². The number of aliphatic hydroxyl groups is 1. The molecule has 20 heavy (non-hydrogen) atoms. The molecular weight excluding hydrogens is 254 g/mol. The molecule has 110 valence electrons. The van der Waals surface area contributed by atoms with Crippen molar-refractivity contribution in [1.82, 2.24) is 5.32 Å². The van der Waals surface area contributed by atoms with E-state index < -0.39 is 6.10 Å². The number of benzene rings is 1. The molecule has 1 aromatic carbocycles. The molecule has 2 N–H and O–H groups in total. The van der Waals surface area contributed by atoms with Crippen LogP contribution in [0.4, 0.5) is 0 Å². The molecule has 1 aromatic rings. The largest absolute Gasteiger partial charge is 0.481 e. The van der Waals surface area contributed by atoms with Gasteiger partial charge in [0, 0.05) is 6.54 Å². The van der Waals surface area contributed by atoms with Gasteiger partial charge in [0.05, 0.1) is 6.10 Å². The molecular formula is C16H23NO3. The third-order valence-electron chi connectivity index (χ3n) is 3.53. The summed E-state index contributed by atoms with van der Waals surface area (Å²) >= 11 is 0. The van der Waals surface area contributed by atoms with Gasteiger partial charge in [0.1, 0.15) is 5.75 Å². The number of hydrogen-bond acceptors (Lipinski definition) is 3. The van der Waals surface area contributed by atoms with E-state index in [0.717, 1.165) is 24.0 Å². The molecule has 4 nitrogen and oxygen atoms in total. The normalized spacial score (nSPS) is 18.8. The lowest BCUT2D eigenvalue weighted by Gasteiger charge is -2.16. The summed E-state index contributed by atoms with van der Waals surface area (Å²) in [6.45, 7) is 6.51. The molecule has 0 heterocycles. The highest BCUT2D eigenvalue weighted by molar-refractivity contribution is 5.80. The molecule has 0 bridgehead atoms. The second-order valence-electron chi connectivity index (χ2n) is 5.81. The van der Waals surface area contributed by atoms with Crippen molar-refractivity contribution in [2.24, 2.45) is 5.92 Å². The lowest BCUT2D eigenvalue weighted by molar-refractivity contribution is -0.127. The second kappa shape index (κ2) is 6.27. The minimum Gasteiger partial charge on any atom is -0.481 e. The summed E-state index contributed by atoms with van der Waals surface area (Å²) in [5.74, 6) is 1.01. The standard InChI is InChI=1S/C16H23NO3/c1-10(2)9-17-16(19)11(3)20-13-5-6-14-12(8-13)4-7-15(14)18/h5-6,8,10-11,15,18H,4,7,9H2,1-3H3,(H,17,19)/t11?,15-/m0/s1. The van der Waals surface area contributed by atoms with Crippen molar-refractivity contribution in [1.29, 1.82) is 0 Å². The monoisotopic (exact) mass is 277 g/mol. The molecule has 0 saturated heterocycles. The Morgan fingerprint density at radius 1 is 1.45 bits per heavy atom. The molecule has 1 amide bonds. The van der Waals surface area contributed by atoms with Gasteiger partial charge in [0.15, 0.2) is 6.10 Å². The SMILES string of the molecule is CC(C)CNC(=O)C(C)Oc1ccc2c(c1)CC[C@@H]2O. The molecule has 4 heteroatoms. The van der Waals surface area contributed by atoms with E-state index in [4.69, 9.17) is 4.74 Å². The maximum Gasteiger partial charge on any atom is 0.260 e. The van der Waals surface area contributed by atoms with Crippen molar-refractivity contribution in [3.05, 3.63) is 29.3 Å². The van der Waals surface area contributed by atoms with Crippen molar-refractivity contribution in [3.63, 3.8) is 0 Å². The van der Waals surface area contributed by atoms with Gasteiger partial charge in [-0.15, -0.1) is 0 Å².